The predicted octanol–water partition coefficient (Wildman–Crippen LogP) is 3.78. The molecule has 0 radical (unpaired) electrons. The Balaban J connectivity index is 1.46. The molecule has 156 valence electrons. The smallest absolute Gasteiger partial charge is 0.263 e. The summed E-state index contributed by atoms with van der Waals surface area (Å²) in [7, 11) is -3.62. The highest BCUT2D eigenvalue weighted by atomic mass is 32.2. The van der Waals surface area contributed by atoms with Gasteiger partial charge in [-0.05, 0) is 56.0 Å². The first-order chi connectivity index (χ1) is 14.1. The van der Waals surface area contributed by atoms with Gasteiger partial charge in [-0.3, -0.25) is 4.79 Å². The van der Waals surface area contributed by atoms with E-state index in [1.165, 1.54) is 23.2 Å². The maximum Gasteiger partial charge on any atom is 0.263 e. The van der Waals surface area contributed by atoms with E-state index >= 15 is 0 Å². The molecular formula is C21H26N2O4S2. The first-order valence-corrected chi connectivity index (χ1v) is 12.5. The lowest BCUT2D eigenvalue weighted by Crippen LogP contribution is -2.30. The van der Waals surface area contributed by atoms with E-state index in [2.05, 4.69) is 5.32 Å². The number of nitrogens with zero attached hydrogens (tertiary/aromatic N) is 1. The average molecular weight is 435 g/mol. The van der Waals surface area contributed by atoms with Crippen LogP contribution in [0.25, 0.3) is 0 Å². The van der Waals surface area contributed by atoms with Crippen LogP contribution >= 0.6 is 11.3 Å². The Morgan fingerprint density at radius 2 is 1.83 bits per heavy atom. The number of sulfonamides is 1. The van der Waals surface area contributed by atoms with Gasteiger partial charge < -0.3 is 10.1 Å². The topological polar surface area (TPSA) is 75.7 Å². The van der Waals surface area contributed by atoms with Crippen LogP contribution in [0.15, 0.2) is 40.6 Å². The molecule has 0 bridgehead atoms. The number of carbonyl (C=O) groups excluding carboxylic acids is 1. The molecule has 1 saturated heterocycles. The monoisotopic (exact) mass is 434 g/mol. The van der Waals surface area contributed by atoms with E-state index in [1.54, 1.807) is 5.38 Å². The van der Waals surface area contributed by atoms with Gasteiger partial charge in [0.05, 0.1) is 6.10 Å². The highest BCUT2D eigenvalue weighted by molar-refractivity contribution is 7.89. The second-order valence-electron chi connectivity index (χ2n) is 7.54. The predicted molar refractivity (Wildman–Crippen MR) is 113 cm³/mol. The Labute approximate surface area is 175 Å². The molecule has 0 spiro atoms. The van der Waals surface area contributed by atoms with E-state index in [1.807, 2.05) is 24.3 Å². The Hall–Kier alpha value is -1.90. The number of nitrogens with one attached hydrogen (secondary N) is 1. The molecule has 2 aliphatic rings. The summed E-state index contributed by atoms with van der Waals surface area (Å²) in [5.74, 6) is 0.421. The first-order valence-electron chi connectivity index (χ1n) is 10.2. The SMILES string of the molecule is O=C(NCc1ccccc1OC1CCCC1)c1sccc1S(=O)(=O)N1CCCC1. The summed E-state index contributed by atoms with van der Waals surface area (Å²) >= 11 is 1.16. The van der Waals surface area contributed by atoms with Crippen molar-refractivity contribution in [3.8, 4) is 5.75 Å². The molecule has 1 saturated carbocycles. The third-order valence-corrected chi connectivity index (χ3v) is 8.51. The summed E-state index contributed by atoms with van der Waals surface area (Å²) in [6, 6.07) is 9.23. The molecule has 1 aliphatic carbocycles. The largest absolute Gasteiger partial charge is 0.490 e. The zero-order chi connectivity index (χ0) is 20.3. The van der Waals surface area contributed by atoms with Crippen molar-refractivity contribution >= 4 is 27.3 Å². The van der Waals surface area contributed by atoms with E-state index < -0.39 is 10.0 Å². The van der Waals surface area contributed by atoms with Gasteiger partial charge in [0.2, 0.25) is 10.0 Å². The molecule has 1 aromatic carbocycles. The van der Waals surface area contributed by atoms with Crippen molar-refractivity contribution in [2.24, 2.45) is 0 Å². The van der Waals surface area contributed by atoms with Crippen molar-refractivity contribution in [3.05, 3.63) is 46.2 Å². The minimum atomic E-state index is -3.62. The standard InChI is InChI=1S/C21H26N2O4S2/c24-21(20-19(11-14-28-20)29(25,26)23-12-5-6-13-23)22-15-16-7-1-4-10-18(16)27-17-8-2-3-9-17/h1,4,7,10-11,14,17H,2-3,5-6,8-9,12-13,15H2,(H,22,24). The number of thiophene rings is 1. The van der Waals surface area contributed by atoms with Gasteiger partial charge >= 0.3 is 0 Å². The Morgan fingerprint density at radius 3 is 2.59 bits per heavy atom. The molecule has 1 aromatic heterocycles. The molecule has 29 heavy (non-hydrogen) atoms. The lowest BCUT2D eigenvalue weighted by atomic mass is 10.2. The minimum Gasteiger partial charge on any atom is -0.490 e. The van der Waals surface area contributed by atoms with E-state index in [4.69, 9.17) is 4.74 Å². The van der Waals surface area contributed by atoms with Crippen LogP contribution in [0.5, 0.6) is 5.75 Å². The van der Waals surface area contributed by atoms with Gasteiger partial charge in [0, 0.05) is 25.2 Å². The van der Waals surface area contributed by atoms with E-state index in [-0.39, 0.29) is 21.8 Å². The van der Waals surface area contributed by atoms with E-state index in [0.29, 0.717) is 19.6 Å². The van der Waals surface area contributed by atoms with Crippen molar-refractivity contribution in [2.75, 3.05) is 13.1 Å². The summed E-state index contributed by atoms with van der Waals surface area (Å²) in [5.41, 5.74) is 0.897. The number of para-hydroxylation sites is 1. The molecule has 1 N–H and O–H groups in total. The lowest BCUT2D eigenvalue weighted by molar-refractivity contribution is 0.0951. The van der Waals surface area contributed by atoms with Crippen LogP contribution in [-0.2, 0) is 16.6 Å². The maximum atomic E-state index is 12.9. The molecule has 2 aromatic rings. The highest BCUT2D eigenvalue weighted by Crippen LogP contribution is 2.29. The van der Waals surface area contributed by atoms with E-state index in [9.17, 15) is 13.2 Å². The van der Waals surface area contributed by atoms with Crippen molar-refractivity contribution in [1.29, 1.82) is 0 Å². The average Bonchev–Trinajstić information content (AvgIpc) is 3.49. The van der Waals surface area contributed by atoms with Crippen molar-refractivity contribution in [2.45, 2.75) is 56.1 Å². The zero-order valence-electron chi connectivity index (χ0n) is 16.3. The Kier molecular flexibility index (Phi) is 6.22. The highest BCUT2D eigenvalue weighted by Gasteiger charge is 2.31. The second-order valence-corrected chi connectivity index (χ2v) is 10.4. The fourth-order valence-electron chi connectivity index (χ4n) is 3.94. The summed E-state index contributed by atoms with van der Waals surface area (Å²) in [5, 5.41) is 4.54. The van der Waals surface area contributed by atoms with Crippen LogP contribution in [0.2, 0.25) is 0 Å². The van der Waals surface area contributed by atoms with Gasteiger partial charge in [-0.25, -0.2) is 8.42 Å². The number of ether oxygens (including phenoxy) is 1. The molecule has 4 rings (SSSR count). The van der Waals surface area contributed by atoms with Crippen molar-refractivity contribution in [1.82, 2.24) is 9.62 Å². The summed E-state index contributed by atoms with van der Waals surface area (Å²) in [6.07, 6.45) is 6.47. The number of benzene rings is 1. The number of amides is 1. The lowest BCUT2D eigenvalue weighted by Gasteiger charge is -2.17. The molecule has 8 heteroatoms. The molecule has 0 unspecified atom stereocenters. The molecule has 2 fully saturated rings. The van der Waals surface area contributed by atoms with Gasteiger partial charge in [0.15, 0.2) is 0 Å². The third kappa shape index (κ3) is 4.49. The third-order valence-electron chi connectivity index (χ3n) is 5.53. The molecular weight excluding hydrogens is 408 g/mol. The maximum absolute atomic E-state index is 12.9. The van der Waals surface area contributed by atoms with Crippen LogP contribution in [0.3, 0.4) is 0 Å². The normalized spacial score (nSPS) is 18.2. The Bertz CT molecular complexity index is 959. The van der Waals surface area contributed by atoms with Gasteiger partial charge in [-0.2, -0.15) is 4.31 Å². The number of carbonyl (C=O) groups is 1. The van der Waals surface area contributed by atoms with Crippen LogP contribution in [0.1, 0.15) is 53.8 Å². The molecule has 1 amide bonds. The minimum absolute atomic E-state index is 0.109. The van der Waals surface area contributed by atoms with Crippen LogP contribution in [0.4, 0.5) is 0 Å². The molecule has 0 atom stereocenters. The van der Waals surface area contributed by atoms with Gasteiger partial charge in [0.1, 0.15) is 15.5 Å². The molecule has 2 heterocycles. The van der Waals surface area contributed by atoms with Gasteiger partial charge in [-0.1, -0.05) is 18.2 Å². The second kappa shape index (κ2) is 8.85. The van der Waals surface area contributed by atoms with Crippen molar-refractivity contribution in [3.63, 3.8) is 0 Å². The fraction of sp³-hybridized carbons (Fsp3) is 0.476. The number of rotatable bonds is 7. The van der Waals surface area contributed by atoms with Crippen LogP contribution in [0, 0.1) is 0 Å². The van der Waals surface area contributed by atoms with Crippen LogP contribution in [-0.4, -0.2) is 37.8 Å². The van der Waals surface area contributed by atoms with E-state index in [0.717, 1.165) is 48.3 Å². The van der Waals surface area contributed by atoms with Gasteiger partial charge in [-0.15, -0.1) is 11.3 Å². The zero-order valence-corrected chi connectivity index (χ0v) is 17.9. The first kappa shape index (κ1) is 20.4. The Morgan fingerprint density at radius 1 is 1.10 bits per heavy atom. The quantitative estimate of drug-likeness (QED) is 0.720. The summed E-state index contributed by atoms with van der Waals surface area (Å²) in [4.78, 5) is 13.1. The number of hydrogen-bond acceptors (Lipinski definition) is 5. The molecule has 1 aliphatic heterocycles. The van der Waals surface area contributed by atoms with Crippen LogP contribution < -0.4 is 10.1 Å². The summed E-state index contributed by atoms with van der Waals surface area (Å²) < 4.78 is 33.3. The van der Waals surface area contributed by atoms with Gasteiger partial charge in [0.25, 0.3) is 5.91 Å². The fourth-order valence-corrected chi connectivity index (χ4v) is 6.77. The number of hydrogen-bond donors (Lipinski definition) is 1. The summed E-state index contributed by atoms with van der Waals surface area (Å²) in [6.45, 7) is 1.33. The molecule has 6 nitrogen and oxygen atoms in total. The van der Waals surface area contributed by atoms with Crippen molar-refractivity contribution < 1.29 is 17.9 Å².